The Labute approximate surface area is 161 Å². The zero-order chi connectivity index (χ0) is 19.0. The molecule has 3 aliphatic rings. The minimum Gasteiger partial charge on any atom is -0.489 e. The third-order valence-electron chi connectivity index (χ3n) is 6.51. The quantitative estimate of drug-likeness (QED) is 0.832. The van der Waals surface area contributed by atoms with Crippen molar-refractivity contribution in [3.63, 3.8) is 0 Å². The van der Waals surface area contributed by atoms with Gasteiger partial charge in [-0.3, -0.25) is 4.79 Å². The van der Waals surface area contributed by atoms with E-state index in [2.05, 4.69) is 11.4 Å². The number of carbonyl (C=O) groups is 1. The van der Waals surface area contributed by atoms with Gasteiger partial charge in [0.15, 0.2) is 11.5 Å². The van der Waals surface area contributed by atoms with Gasteiger partial charge in [0.1, 0.15) is 6.10 Å². The van der Waals surface area contributed by atoms with Gasteiger partial charge in [0.05, 0.1) is 12.2 Å². The van der Waals surface area contributed by atoms with E-state index in [4.69, 9.17) is 9.47 Å². The normalized spacial score (nSPS) is 30.0. The summed E-state index contributed by atoms with van der Waals surface area (Å²) < 4.78 is 11.8. The Morgan fingerprint density at radius 3 is 2.67 bits per heavy atom. The van der Waals surface area contributed by atoms with Crippen molar-refractivity contribution in [3.05, 3.63) is 23.8 Å². The zero-order valence-electron chi connectivity index (χ0n) is 16.4. The van der Waals surface area contributed by atoms with Crippen LogP contribution in [0.3, 0.4) is 0 Å². The predicted molar refractivity (Wildman–Crippen MR) is 103 cm³/mol. The summed E-state index contributed by atoms with van der Waals surface area (Å²) in [4.78, 5) is 12.5. The van der Waals surface area contributed by atoms with Crippen LogP contribution in [0.4, 0.5) is 0 Å². The molecular weight excluding hydrogens is 342 g/mol. The molecule has 148 valence electrons. The Balaban J connectivity index is 1.21. The van der Waals surface area contributed by atoms with E-state index in [9.17, 15) is 9.90 Å². The molecule has 1 heterocycles. The molecule has 2 saturated carbocycles. The summed E-state index contributed by atoms with van der Waals surface area (Å²) in [6.45, 7) is 4.50. The molecule has 5 nitrogen and oxygen atoms in total. The molecule has 2 aliphatic carbocycles. The molecule has 27 heavy (non-hydrogen) atoms. The number of amides is 1. The lowest BCUT2D eigenvalue weighted by Crippen LogP contribution is -2.48. The highest BCUT2D eigenvalue weighted by molar-refractivity contribution is 5.80. The second kappa shape index (κ2) is 7.34. The van der Waals surface area contributed by atoms with Crippen LogP contribution in [0.2, 0.25) is 0 Å². The summed E-state index contributed by atoms with van der Waals surface area (Å²) in [5.74, 6) is 2.26. The van der Waals surface area contributed by atoms with Crippen molar-refractivity contribution < 1.29 is 19.4 Å². The average molecular weight is 373 g/mol. The smallest absolute Gasteiger partial charge is 0.223 e. The Kier molecular flexibility index (Phi) is 5.06. The van der Waals surface area contributed by atoms with Crippen LogP contribution in [0.5, 0.6) is 11.5 Å². The summed E-state index contributed by atoms with van der Waals surface area (Å²) in [7, 11) is 0. The first-order valence-corrected chi connectivity index (χ1v) is 10.3. The number of hydrogen-bond donors (Lipinski definition) is 2. The Morgan fingerprint density at radius 2 is 1.96 bits per heavy atom. The Morgan fingerprint density at radius 1 is 1.22 bits per heavy atom. The van der Waals surface area contributed by atoms with Crippen LogP contribution in [-0.2, 0) is 11.2 Å². The zero-order valence-corrected chi connectivity index (χ0v) is 16.4. The van der Waals surface area contributed by atoms with Gasteiger partial charge in [-0.05, 0) is 64.4 Å². The second-order valence-corrected chi connectivity index (χ2v) is 8.96. The van der Waals surface area contributed by atoms with Crippen LogP contribution in [0.15, 0.2) is 18.2 Å². The molecule has 1 amide bonds. The van der Waals surface area contributed by atoms with Crippen LogP contribution in [0, 0.1) is 11.8 Å². The third kappa shape index (κ3) is 4.08. The lowest BCUT2D eigenvalue weighted by atomic mass is 9.76. The van der Waals surface area contributed by atoms with E-state index in [0.717, 1.165) is 63.1 Å². The Bertz CT molecular complexity index is 682. The van der Waals surface area contributed by atoms with Crippen molar-refractivity contribution in [3.8, 4) is 11.5 Å². The topological polar surface area (TPSA) is 67.8 Å². The van der Waals surface area contributed by atoms with Crippen LogP contribution in [0.1, 0.15) is 57.9 Å². The minimum atomic E-state index is -0.616. The van der Waals surface area contributed by atoms with E-state index in [0.29, 0.717) is 5.92 Å². The van der Waals surface area contributed by atoms with Gasteiger partial charge in [0.2, 0.25) is 5.91 Å². The fourth-order valence-electron chi connectivity index (χ4n) is 4.60. The van der Waals surface area contributed by atoms with Gasteiger partial charge in [-0.15, -0.1) is 0 Å². The minimum absolute atomic E-state index is 0.0553. The van der Waals surface area contributed by atoms with Gasteiger partial charge in [-0.1, -0.05) is 12.1 Å². The maximum absolute atomic E-state index is 12.5. The molecule has 1 aromatic rings. The lowest BCUT2D eigenvalue weighted by molar-refractivity contribution is -0.131. The monoisotopic (exact) mass is 373 g/mol. The first-order chi connectivity index (χ1) is 12.9. The average Bonchev–Trinajstić information content (AvgIpc) is 3.06. The molecular formula is C22H31NO4. The number of nitrogens with one attached hydrogen (secondary N) is 1. The lowest BCUT2D eigenvalue weighted by Gasteiger charge is -2.38. The fraction of sp³-hybridized carbons (Fsp3) is 0.682. The molecule has 1 aliphatic heterocycles. The van der Waals surface area contributed by atoms with Crippen molar-refractivity contribution in [1.82, 2.24) is 5.32 Å². The van der Waals surface area contributed by atoms with E-state index >= 15 is 0 Å². The standard InChI is InChI=1S/C22H31NO4/c1-22(2,25)16-6-8-17(9-7-16)23-21(24)15-12-18(13-15)27-19-5-3-4-14-10-11-26-20(14)19/h3-5,15-18,25H,6-13H2,1-2H3,(H,23,24)/t15-,16-,17-,18-. The predicted octanol–water partition coefficient (Wildman–Crippen LogP) is 3.22. The van der Waals surface area contributed by atoms with E-state index in [-0.39, 0.29) is 24.0 Å². The SMILES string of the molecule is CC(C)(O)[C@H]1CC[C@H](NC(=O)[C@H]2C[C@H](Oc3cccc4c3OCC4)C2)CC1. The molecule has 0 atom stereocenters. The van der Waals surface area contributed by atoms with Crippen molar-refractivity contribution in [2.75, 3.05) is 6.61 Å². The summed E-state index contributed by atoms with van der Waals surface area (Å²) in [6, 6.07) is 6.30. The number of hydrogen-bond acceptors (Lipinski definition) is 4. The van der Waals surface area contributed by atoms with E-state index in [1.54, 1.807) is 0 Å². The van der Waals surface area contributed by atoms with Crippen molar-refractivity contribution in [2.45, 2.75) is 76.5 Å². The van der Waals surface area contributed by atoms with Crippen LogP contribution in [-0.4, -0.2) is 35.4 Å². The highest BCUT2D eigenvalue weighted by atomic mass is 16.5. The maximum Gasteiger partial charge on any atom is 0.223 e. The number of para-hydroxylation sites is 1. The van der Waals surface area contributed by atoms with Crippen molar-refractivity contribution in [2.24, 2.45) is 11.8 Å². The fourth-order valence-corrected chi connectivity index (χ4v) is 4.60. The molecule has 4 rings (SSSR count). The number of fused-ring (bicyclic) bond motifs is 1. The summed E-state index contributed by atoms with van der Waals surface area (Å²) >= 11 is 0. The second-order valence-electron chi connectivity index (χ2n) is 8.96. The molecule has 0 spiro atoms. The third-order valence-corrected chi connectivity index (χ3v) is 6.51. The van der Waals surface area contributed by atoms with Crippen LogP contribution < -0.4 is 14.8 Å². The van der Waals surface area contributed by atoms with Gasteiger partial charge < -0.3 is 19.9 Å². The van der Waals surface area contributed by atoms with Gasteiger partial charge >= 0.3 is 0 Å². The highest BCUT2D eigenvalue weighted by Crippen LogP contribution is 2.40. The summed E-state index contributed by atoms with van der Waals surface area (Å²) in [6.07, 6.45) is 6.46. The first-order valence-electron chi connectivity index (χ1n) is 10.3. The van der Waals surface area contributed by atoms with E-state index in [1.807, 2.05) is 26.0 Å². The summed E-state index contributed by atoms with van der Waals surface area (Å²) in [5.41, 5.74) is 0.595. The van der Waals surface area contributed by atoms with Gasteiger partial charge in [-0.25, -0.2) is 0 Å². The molecule has 0 aromatic heterocycles. The molecule has 1 aromatic carbocycles. The molecule has 2 N–H and O–H groups in total. The number of carbonyl (C=O) groups excluding carboxylic acids is 1. The number of ether oxygens (including phenoxy) is 2. The van der Waals surface area contributed by atoms with E-state index in [1.165, 1.54) is 5.56 Å². The van der Waals surface area contributed by atoms with Gasteiger partial charge in [-0.2, -0.15) is 0 Å². The molecule has 0 radical (unpaired) electrons. The Hall–Kier alpha value is -1.75. The van der Waals surface area contributed by atoms with E-state index < -0.39 is 5.60 Å². The number of benzene rings is 1. The van der Waals surface area contributed by atoms with Gasteiger partial charge in [0.25, 0.3) is 0 Å². The van der Waals surface area contributed by atoms with Crippen LogP contribution in [0.25, 0.3) is 0 Å². The molecule has 0 unspecified atom stereocenters. The van der Waals surface area contributed by atoms with Crippen molar-refractivity contribution in [1.29, 1.82) is 0 Å². The van der Waals surface area contributed by atoms with Crippen LogP contribution >= 0.6 is 0 Å². The molecule has 0 bridgehead atoms. The highest BCUT2D eigenvalue weighted by Gasteiger charge is 2.38. The molecule has 0 saturated heterocycles. The molecule has 5 heteroatoms. The molecule has 2 fully saturated rings. The largest absolute Gasteiger partial charge is 0.489 e. The number of rotatable bonds is 5. The summed E-state index contributed by atoms with van der Waals surface area (Å²) in [5, 5.41) is 13.4. The number of aliphatic hydroxyl groups is 1. The van der Waals surface area contributed by atoms with Gasteiger partial charge in [0, 0.05) is 23.9 Å². The van der Waals surface area contributed by atoms with Crippen molar-refractivity contribution >= 4 is 5.91 Å². The first kappa shape index (κ1) is 18.6. The maximum atomic E-state index is 12.5.